The molecule has 0 amide bonds. The lowest BCUT2D eigenvalue weighted by molar-refractivity contribution is -0.149. The maximum absolute atomic E-state index is 13.3. The first-order chi connectivity index (χ1) is 12.9. The van der Waals surface area contributed by atoms with E-state index in [9.17, 15) is 9.36 Å². The Hall–Kier alpha value is -2.14. The van der Waals surface area contributed by atoms with Gasteiger partial charge in [0.1, 0.15) is 18.1 Å². The van der Waals surface area contributed by atoms with Gasteiger partial charge < -0.3 is 14.0 Å². The maximum atomic E-state index is 13.3. The lowest BCUT2D eigenvalue weighted by Crippen LogP contribution is -2.36. The van der Waals surface area contributed by atoms with Gasteiger partial charge in [-0.2, -0.15) is 0 Å². The third-order valence-corrected chi connectivity index (χ3v) is 5.27. The largest absolute Gasteiger partial charge is 0.462 e. The molecule has 2 aromatic rings. The number of hydrogen-bond acceptors (Lipinski definition) is 5. The third-order valence-electron chi connectivity index (χ3n) is 3.46. The van der Waals surface area contributed by atoms with Gasteiger partial charge in [-0.25, -0.2) is 5.09 Å². The third kappa shape index (κ3) is 7.55. The summed E-state index contributed by atoms with van der Waals surface area (Å²) in [6.07, 6.45) is -0.443. The normalized spacial score (nSPS) is 14.4. The zero-order chi connectivity index (χ0) is 19.7. The van der Waals surface area contributed by atoms with Gasteiger partial charge in [-0.1, -0.05) is 48.5 Å². The van der Waals surface area contributed by atoms with E-state index in [1.165, 1.54) is 0 Å². The number of carbonyl (C=O) groups excluding carboxylic acids is 1. The van der Waals surface area contributed by atoms with E-state index < -0.39 is 19.5 Å². The fraction of sp³-hybridized carbons (Fsp3) is 0.350. The molecule has 1 unspecified atom stereocenters. The molecule has 0 saturated carbocycles. The van der Waals surface area contributed by atoms with Crippen LogP contribution in [-0.2, 0) is 25.4 Å². The molecule has 2 aromatic carbocycles. The van der Waals surface area contributed by atoms with E-state index in [1.54, 1.807) is 45.0 Å². The summed E-state index contributed by atoms with van der Waals surface area (Å²) < 4.78 is 29.8. The Balaban J connectivity index is 2.05. The Morgan fingerprint density at radius 3 is 2.19 bits per heavy atom. The first-order valence-electron chi connectivity index (χ1n) is 8.81. The van der Waals surface area contributed by atoms with Crippen LogP contribution in [-0.4, -0.2) is 24.5 Å². The fourth-order valence-electron chi connectivity index (χ4n) is 2.28. The van der Waals surface area contributed by atoms with Crippen LogP contribution in [0.15, 0.2) is 60.7 Å². The molecular formula is C20H26NO5P. The molecule has 6 nitrogen and oxygen atoms in total. The van der Waals surface area contributed by atoms with Crippen LogP contribution in [0.25, 0.3) is 0 Å². The maximum Gasteiger partial charge on any atom is 0.342 e. The molecule has 0 aliphatic heterocycles. The summed E-state index contributed by atoms with van der Waals surface area (Å²) in [5, 5.41) is 2.77. The van der Waals surface area contributed by atoms with Crippen LogP contribution in [0.3, 0.4) is 0 Å². The van der Waals surface area contributed by atoms with Crippen LogP contribution in [0, 0.1) is 0 Å². The number of benzene rings is 2. The Bertz CT molecular complexity index is 751. The topological polar surface area (TPSA) is 73.9 Å². The second kappa shape index (κ2) is 10.3. The average Bonchev–Trinajstić information content (AvgIpc) is 2.62. The first kappa shape index (κ1) is 21.2. The molecule has 0 heterocycles. The van der Waals surface area contributed by atoms with Crippen molar-refractivity contribution in [3.63, 3.8) is 0 Å². The summed E-state index contributed by atoms with van der Waals surface area (Å²) in [7, 11) is -3.50. The molecule has 0 saturated heterocycles. The SMILES string of the molecule is CC(C)OC(=O)[C@H](C)NP(=O)(COCc1ccccc1)Oc1ccccc1. The van der Waals surface area contributed by atoms with Gasteiger partial charge >= 0.3 is 13.5 Å². The van der Waals surface area contributed by atoms with Gasteiger partial charge in [-0.3, -0.25) is 9.36 Å². The molecular weight excluding hydrogens is 365 g/mol. The summed E-state index contributed by atoms with van der Waals surface area (Å²) >= 11 is 0. The predicted molar refractivity (Wildman–Crippen MR) is 105 cm³/mol. The van der Waals surface area contributed by atoms with Gasteiger partial charge in [0.2, 0.25) is 0 Å². The number of rotatable bonds is 10. The molecule has 0 spiro atoms. The summed E-state index contributed by atoms with van der Waals surface area (Å²) in [6, 6.07) is 17.5. The van der Waals surface area contributed by atoms with Gasteiger partial charge in [0.25, 0.3) is 0 Å². The molecule has 0 fully saturated rings. The number of nitrogens with one attached hydrogen (secondary N) is 1. The van der Waals surface area contributed by atoms with Crippen LogP contribution in [0.1, 0.15) is 26.3 Å². The average molecular weight is 391 g/mol. The number of esters is 1. The zero-order valence-corrected chi connectivity index (χ0v) is 16.7. The summed E-state index contributed by atoms with van der Waals surface area (Å²) in [5.41, 5.74) is 0.955. The predicted octanol–water partition coefficient (Wildman–Crippen LogP) is 4.36. The Morgan fingerprint density at radius 2 is 1.59 bits per heavy atom. The van der Waals surface area contributed by atoms with Crippen molar-refractivity contribution >= 4 is 13.5 Å². The van der Waals surface area contributed by atoms with Crippen LogP contribution >= 0.6 is 7.52 Å². The highest BCUT2D eigenvalue weighted by molar-refractivity contribution is 7.57. The van der Waals surface area contributed by atoms with Gasteiger partial charge in [0.05, 0.1) is 12.7 Å². The van der Waals surface area contributed by atoms with E-state index in [2.05, 4.69) is 5.09 Å². The second-order valence-corrected chi connectivity index (χ2v) is 8.42. The summed E-state index contributed by atoms with van der Waals surface area (Å²) in [6.45, 7) is 5.39. The van der Waals surface area contributed by atoms with E-state index in [0.717, 1.165) is 5.56 Å². The molecule has 0 radical (unpaired) electrons. The Kier molecular flexibility index (Phi) is 8.04. The highest BCUT2D eigenvalue weighted by Crippen LogP contribution is 2.43. The number of hydrogen-bond donors (Lipinski definition) is 1. The molecule has 0 bridgehead atoms. The molecule has 0 aliphatic rings. The molecule has 27 heavy (non-hydrogen) atoms. The molecule has 1 N–H and O–H groups in total. The molecule has 2 atom stereocenters. The van der Waals surface area contributed by atoms with E-state index in [4.69, 9.17) is 14.0 Å². The number of carbonyl (C=O) groups is 1. The standard InChI is InChI=1S/C20H26NO5P/c1-16(2)25-20(22)17(3)21-27(23,26-19-12-8-5-9-13-19)15-24-14-18-10-6-4-7-11-18/h4-13,16-17H,14-15H2,1-3H3,(H,21,23)/t17-,27?/m0/s1. The molecule has 7 heteroatoms. The molecule has 2 rings (SSSR count). The Labute approximate surface area is 160 Å². The lowest BCUT2D eigenvalue weighted by Gasteiger charge is -2.24. The number of ether oxygens (including phenoxy) is 2. The lowest BCUT2D eigenvalue weighted by atomic mass is 10.2. The minimum atomic E-state index is -3.50. The van der Waals surface area contributed by atoms with E-state index in [0.29, 0.717) is 5.75 Å². The van der Waals surface area contributed by atoms with Crippen LogP contribution < -0.4 is 9.61 Å². The first-order valence-corrected chi connectivity index (χ1v) is 10.6. The Morgan fingerprint density at radius 1 is 1.00 bits per heavy atom. The molecule has 0 aliphatic carbocycles. The zero-order valence-electron chi connectivity index (χ0n) is 15.8. The van der Waals surface area contributed by atoms with Crippen molar-refractivity contribution in [3.8, 4) is 5.75 Å². The monoisotopic (exact) mass is 391 g/mol. The van der Waals surface area contributed by atoms with Crippen LogP contribution in [0.2, 0.25) is 0 Å². The summed E-state index contributed by atoms with van der Waals surface area (Å²) in [5.74, 6) is -0.0639. The minimum Gasteiger partial charge on any atom is -0.462 e. The van der Waals surface area contributed by atoms with Crippen LogP contribution in [0.5, 0.6) is 5.75 Å². The molecule has 146 valence electrons. The highest BCUT2D eigenvalue weighted by Gasteiger charge is 2.31. The summed E-state index contributed by atoms with van der Waals surface area (Å²) in [4.78, 5) is 12.1. The van der Waals surface area contributed by atoms with Crippen molar-refractivity contribution < 1.29 is 23.4 Å². The van der Waals surface area contributed by atoms with Gasteiger partial charge in [0.15, 0.2) is 0 Å². The van der Waals surface area contributed by atoms with E-state index in [1.807, 2.05) is 36.4 Å². The van der Waals surface area contributed by atoms with Gasteiger partial charge in [-0.15, -0.1) is 0 Å². The van der Waals surface area contributed by atoms with Crippen molar-refractivity contribution in [2.45, 2.75) is 39.5 Å². The van der Waals surface area contributed by atoms with Crippen molar-refractivity contribution in [1.29, 1.82) is 0 Å². The van der Waals surface area contributed by atoms with Crippen molar-refractivity contribution in [3.05, 3.63) is 66.2 Å². The minimum absolute atomic E-state index is 0.184. The van der Waals surface area contributed by atoms with Crippen molar-refractivity contribution in [2.75, 3.05) is 6.35 Å². The fourth-order valence-corrected chi connectivity index (χ4v) is 3.95. The van der Waals surface area contributed by atoms with Crippen molar-refractivity contribution in [2.24, 2.45) is 0 Å². The van der Waals surface area contributed by atoms with Gasteiger partial charge in [0, 0.05) is 0 Å². The second-order valence-electron chi connectivity index (χ2n) is 6.38. The smallest absolute Gasteiger partial charge is 0.342 e. The van der Waals surface area contributed by atoms with Crippen molar-refractivity contribution in [1.82, 2.24) is 5.09 Å². The quantitative estimate of drug-likeness (QED) is 0.479. The van der Waals surface area contributed by atoms with E-state index in [-0.39, 0.29) is 19.1 Å². The van der Waals surface area contributed by atoms with Crippen LogP contribution in [0.4, 0.5) is 0 Å². The highest BCUT2D eigenvalue weighted by atomic mass is 31.2. The van der Waals surface area contributed by atoms with Gasteiger partial charge in [-0.05, 0) is 38.5 Å². The molecule has 0 aromatic heterocycles. The van der Waals surface area contributed by atoms with E-state index >= 15 is 0 Å². The number of para-hydroxylation sites is 1.